The number of carbonyl (C=O) groups is 1. The summed E-state index contributed by atoms with van der Waals surface area (Å²) in [6.45, 7) is 2.82. The first-order valence-electron chi connectivity index (χ1n) is 11.2. The third kappa shape index (κ3) is 4.43. The Kier molecular flexibility index (Phi) is 6.24. The van der Waals surface area contributed by atoms with E-state index in [0.29, 0.717) is 0 Å². The van der Waals surface area contributed by atoms with Crippen LogP contribution in [0.15, 0.2) is 90.4 Å². The highest BCUT2D eigenvalue weighted by molar-refractivity contribution is 7.17. The van der Waals surface area contributed by atoms with Gasteiger partial charge in [0.2, 0.25) is 0 Å². The SMILES string of the molecule is O=C(c1ccccc1)C(CCN1CC=C(c2cccc3ccsc23)CC1)c1ccccn1. The van der Waals surface area contributed by atoms with Gasteiger partial charge in [0.25, 0.3) is 0 Å². The normalized spacial score (nSPS) is 15.4. The van der Waals surface area contributed by atoms with E-state index in [0.717, 1.165) is 43.7 Å². The predicted octanol–water partition coefficient (Wildman–Crippen LogP) is 6.44. The molecule has 1 aliphatic rings. The Labute approximate surface area is 193 Å². The fraction of sp³-hybridized carbons (Fsp3) is 0.214. The lowest BCUT2D eigenvalue weighted by Crippen LogP contribution is -2.31. The van der Waals surface area contributed by atoms with Crippen LogP contribution in [0.1, 0.15) is 40.4 Å². The van der Waals surface area contributed by atoms with Crippen molar-refractivity contribution in [1.29, 1.82) is 0 Å². The molecule has 1 atom stereocenters. The monoisotopic (exact) mass is 438 g/mol. The van der Waals surface area contributed by atoms with Crippen molar-refractivity contribution in [3.8, 4) is 0 Å². The maximum Gasteiger partial charge on any atom is 0.171 e. The zero-order chi connectivity index (χ0) is 21.8. The number of thiophene rings is 1. The molecule has 0 N–H and O–H groups in total. The molecule has 0 saturated carbocycles. The quantitative estimate of drug-likeness (QED) is 0.311. The Morgan fingerprint density at radius 3 is 2.66 bits per heavy atom. The topological polar surface area (TPSA) is 33.2 Å². The number of ketones is 1. The molecule has 3 heterocycles. The zero-order valence-corrected chi connectivity index (χ0v) is 18.8. The molecule has 160 valence electrons. The van der Waals surface area contributed by atoms with Crippen LogP contribution >= 0.6 is 11.3 Å². The van der Waals surface area contributed by atoms with Crippen LogP contribution in [0.4, 0.5) is 0 Å². The molecular formula is C28H26N2OS. The molecule has 32 heavy (non-hydrogen) atoms. The largest absolute Gasteiger partial charge is 0.299 e. The fourth-order valence-corrected chi connectivity index (χ4v) is 5.46. The van der Waals surface area contributed by atoms with Gasteiger partial charge in [-0.05, 0) is 59.5 Å². The number of hydrogen-bond donors (Lipinski definition) is 0. The van der Waals surface area contributed by atoms with Gasteiger partial charge in [-0.25, -0.2) is 0 Å². The molecule has 0 fully saturated rings. The van der Waals surface area contributed by atoms with Gasteiger partial charge in [-0.1, -0.05) is 60.7 Å². The Morgan fingerprint density at radius 1 is 1.00 bits per heavy atom. The van der Waals surface area contributed by atoms with Crippen molar-refractivity contribution in [2.45, 2.75) is 18.8 Å². The number of fused-ring (bicyclic) bond motifs is 1. The Balaban J connectivity index is 1.29. The second-order valence-electron chi connectivity index (χ2n) is 8.25. The minimum absolute atomic E-state index is 0.155. The summed E-state index contributed by atoms with van der Waals surface area (Å²) in [5.74, 6) is -0.0641. The van der Waals surface area contributed by atoms with Gasteiger partial charge in [0, 0.05) is 29.5 Å². The zero-order valence-electron chi connectivity index (χ0n) is 18.0. The van der Waals surface area contributed by atoms with Gasteiger partial charge in [0.05, 0.1) is 11.6 Å². The predicted molar refractivity (Wildman–Crippen MR) is 133 cm³/mol. The van der Waals surface area contributed by atoms with Crippen molar-refractivity contribution in [2.75, 3.05) is 19.6 Å². The summed E-state index contributed by atoms with van der Waals surface area (Å²) < 4.78 is 1.39. The Morgan fingerprint density at radius 2 is 1.88 bits per heavy atom. The minimum Gasteiger partial charge on any atom is -0.299 e. The highest BCUT2D eigenvalue weighted by Gasteiger charge is 2.24. The number of aromatic nitrogens is 1. The van der Waals surface area contributed by atoms with Gasteiger partial charge in [-0.2, -0.15) is 0 Å². The lowest BCUT2D eigenvalue weighted by Gasteiger charge is -2.28. The molecule has 4 aromatic rings. The summed E-state index contributed by atoms with van der Waals surface area (Å²) >= 11 is 1.82. The van der Waals surface area contributed by atoms with E-state index in [4.69, 9.17) is 0 Å². The van der Waals surface area contributed by atoms with Crippen molar-refractivity contribution < 1.29 is 4.79 Å². The summed E-state index contributed by atoms with van der Waals surface area (Å²) in [5.41, 5.74) is 4.44. The van der Waals surface area contributed by atoms with Crippen LogP contribution in [0.25, 0.3) is 15.7 Å². The number of benzene rings is 2. The first kappa shape index (κ1) is 20.8. The van der Waals surface area contributed by atoms with Gasteiger partial charge in [0.1, 0.15) is 0 Å². The van der Waals surface area contributed by atoms with Gasteiger partial charge in [-0.3, -0.25) is 14.7 Å². The highest BCUT2D eigenvalue weighted by atomic mass is 32.1. The van der Waals surface area contributed by atoms with E-state index in [9.17, 15) is 4.79 Å². The average molecular weight is 439 g/mol. The minimum atomic E-state index is -0.219. The van der Waals surface area contributed by atoms with Crippen molar-refractivity contribution in [3.05, 3.63) is 107 Å². The van der Waals surface area contributed by atoms with Crippen LogP contribution in [-0.4, -0.2) is 35.3 Å². The van der Waals surface area contributed by atoms with E-state index < -0.39 is 0 Å². The van der Waals surface area contributed by atoms with E-state index in [-0.39, 0.29) is 11.7 Å². The fourth-order valence-electron chi connectivity index (χ4n) is 4.52. The standard InChI is InChI=1S/C28H26N2OS/c31-27(22-7-2-1-3-8-22)25(26-11-4-5-16-29-26)14-19-30-17-12-21(13-18-30)24-10-6-9-23-15-20-32-28(23)24/h1-12,15-16,20,25H,13-14,17-19H2. The molecule has 1 unspecified atom stereocenters. The summed E-state index contributed by atoms with van der Waals surface area (Å²) in [6, 6.07) is 24.2. The molecule has 2 aromatic heterocycles. The maximum atomic E-state index is 13.3. The number of hydrogen-bond acceptors (Lipinski definition) is 4. The van der Waals surface area contributed by atoms with E-state index in [2.05, 4.69) is 45.6 Å². The van der Waals surface area contributed by atoms with Crippen LogP contribution in [0.3, 0.4) is 0 Å². The van der Waals surface area contributed by atoms with Crippen molar-refractivity contribution in [1.82, 2.24) is 9.88 Å². The molecule has 3 nitrogen and oxygen atoms in total. The smallest absolute Gasteiger partial charge is 0.171 e. The second kappa shape index (κ2) is 9.60. The van der Waals surface area contributed by atoms with Gasteiger partial charge >= 0.3 is 0 Å². The molecule has 0 spiro atoms. The Hall–Kier alpha value is -3.08. The average Bonchev–Trinajstić information content (AvgIpc) is 3.35. The number of nitrogens with zero attached hydrogens (tertiary/aromatic N) is 2. The van der Waals surface area contributed by atoms with E-state index in [1.54, 1.807) is 6.20 Å². The van der Waals surface area contributed by atoms with Gasteiger partial charge in [-0.15, -0.1) is 11.3 Å². The lowest BCUT2D eigenvalue weighted by atomic mass is 9.90. The highest BCUT2D eigenvalue weighted by Crippen LogP contribution is 2.33. The molecule has 2 aromatic carbocycles. The summed E-state index contributed by atoms with van der Waals surface area (Å²) in [6.07, 6.45) is 5.96. The van der Waals surface area contributed by atoms with Gasteiger partial charge < -0.3 is 0 Å². The van der Waals surface area contributed by atoms with E-state index in [1.807, 2.05) is 59.9 Å². The van der Waals surface area contributed by atoms with Crippen molar-refractivity contribution >= 4 is 32.8 Å². The molecule has 0 aliphatic carbocycles. The molecular weight excluding hydrogens is 412 g/mol. The van der Waals surface area contributed by atoms with Gasteiger partial charge in [0.15, 0.2) is 5.78 Å². The van der Waals surface area contributed by atoms with E-state index >= 15 is 0 Å². The number of carbonyl (C=O) groups excluding carboxylic acids is 1. The second-order valence-corrected chi connectivity index (χ2v) is 9.17. The first-order chi connectivity index (χ1) is 15.8. The molecule has 4 heteroatoms. The van der Waals surface area contributed by atoms with Crippen molar-refractivity contribution in [2.24, 2.45) is 0 Å². The van der Waals surface area contributed by atoms with Crippen LogP contribution in [0.5, 0.6) is 0 Å². The molecule has 0 bridgehead atoms. The molecule has 0 radical (unpaired) electrons. The van der Waals surface area contributed by atoms with Crippen LogP contribution in [0.2, 0.25) is 0 Å². The third-order valence-corrected chi connectivity index (χ3v) is 7.24. The molecule has 0 saturated heterocycles. The van der Waals surface area contributed by atoms with E-state index in [1.165, 1.54) is 21.2 Å². The number of pyridine rings is 1. The lowest BCUT2D eigenvalue weighted by molar-refractivity contribution is 0.0946. The summed E-state index contributed by atoms with van der Waals surface area (Å²) in [7, 11) is 0. The summed E-state index contributed by atoms with van der Waals surface area (Å²) in [5, 5.41) is 3.50. The molecule has 1 aliphatic heterocycles. The van der Waals surface area contributed by atoms with Crippen LogP contribution in [0, 0.1) is 0 Å². The van der Waals surface area contributed by atoms with Crippen molar-refractivity contribution in [3.63, 3.8) is 0 Å². The number of Topliss-reactive ketones (excluding diaryl/α,β-unsaturated/α-hetero) is 1. The number of rotatable bonds is 7. The van der Waals surface area contributed by atoms with Crippen LogP contribution < -0.4 is 0 Å². The van der Waals surface area contributed by atoms with Crippen LogP contribution in [-0.2, 0) is 0 Å². The molecule has 0 amide bonds. The Bertz CT molecular complexity index is 1230. The first-order valence-corrected chi connectivity index (χ1v) is 12.1. The third-order valence-electron chi connectivity index (χ3n) is 6.27. The molecule has 5 rings (SSSR count). The maximum absolute atomic E-state index is 13.3. The summed E-state index contributed by atoms with van der Waals surface area (Å²) in [4.78, 5) is 20.3.